The van der Waals surface area contributed by atoms with E-state index in [1.807, 2.05) is 11.9 Å². The van der Waals surface area contributed by atoms with Gasteiger partial charge in [0.15, 0.2) is 0 Å². The first-order valence-electron chi connectivity index (χ1n) is 10.9. The fourth-order valence-corrected chi connectivity index (χ4v) is 5.82. The largest absolute Gasteiger partial charge is 0.350 e. The van der Waals surface area contributed by atoms with Gasteiger partial charge in [-0.3, -0.25) is 4.79 Å². The van der Waals surface area contributed by atoms with Gasteiger partial charge in [-0.2, -0.15) is 0 Å². The first-order chi connectivity index (χ1) is 15.5. The van der Waals surface area contributed by atoms with Crippen molar-refractivity contribution < 1.29 is 4.79 Å². The van der Waals surface area contributed by atoms with E-state index in [2.05, 4.69) is 109 Å². The van der Waals surface area contributed by atoms with E-state index in [-0.39, 0.29) is 5.91 Å². The molecule has 0 saturated carbocycles. The Bertz CT molecular complexity index is 1470. The average Bonchev–Trinajstić information content (AvgIpc) is 3.39. The maximum atomic E-state index is 14.5. The van der Waals surface area contributed by atoms with Crippen molar-refractivity contribution in [2.24, 2.45) is 14.1 Å². The lowest BCUT2D eigenvalue weighted by Gasteiger charge is -2.28. The fraction of sp³-hybridized carbons (Fsp3) is 0.179. The van der Waals surface area contributed by atoms with Crippen LogP contribution in [0.15, 0.2) is 79.1 Å². The van der Waals surface area contributed by atoms with Crippen LogP contribution >= 0.6 is 0 Å². The molecule has 0 spiro atoms. The monoisotopic (exact) mass is 419 g/mol. The van der Waals surface area contributed by atoms with Crippen LogP contribution in [-0.2, 0) is 24.3 Å². The Kier molecular flexibility index (Phi) is 3.76. The SMILES string of the molecule is Cc1cccc2c1N(C)C(=O)C2(c1cn(C)c2ccccc12)c1cn(C)c2ccccc12. The number of hydrogen-bond donors (Lipinski definition) is 0. The minimum atomic E-state index is -0.919. The van der Waals surface area contributed by atoms with Gasteiger partial charge in [0.1, 0.15) is 5.41 Å². The van der Waals surface area contributed by atoms with Crippen LogP contribution < -0.4 is 4.90 Å². The standard InChI is InChI=1S/C28H25N3O/c1-18-10-9-13-21-26(18)31(4)27(32)28(21,22-16-29(2)24-14-7-5-11-19(22)24)23-17-30(3)25-15-8-6-12-20(23)25/h5-17H,1-4H3. The molecule has 5 aromatic rings. The van der Waals surface area contributed by atoms with Gasteiger partial charge in [-0.05, 0) is 24.6 Å². The van der Waals surface area contributed by atoms with Crippen molar-refractivity contribution in [2.45, 2.75) is 12.3 Å². The molecule has 32 heavy (non-hydrogen) atoms. The summed E-state index contributed by atoms with van der Waals surface area (Å²) in [5.41, 5.74) is 6.58. The molecule has 0 atom stereocenters. The number of nitrogens with zero attached hydrogens (tertiary/aromatic N) is 3. The number of aromatic nitrogens is 2. The van der Waals surface area contributed by atoms with E-state index in [1.54, 1.807) is 0 Å². The van der Waals surface area contributed by atoms with E-state index < -0.39 is 5.41 Å². The van der Waals surface area contributed by atoms with E-state index in [1.165, 1.54) is 0 Å². The number of benzene rings is 3. The van der Waals surface area contributed by atoms with E-state index in [9.17, 15) is 4.79 Å². The molecule has 1 aliphatic rings. The molecular weight excluding hydrogens is 394 g/mol. The summed E-state index contributed by atoms with van der Waals surface area (Å²) in [4.78, 5) is 16.3. The van der Waals surface area contributed by atoms with Gasteiger partial charge in [0.05, 0.1) is 5.69 Å². The molecular formula is C28H25N3O. The van der Waals surface area contributed by atoms with Crippen LogP contribution in [0.4, 0.5) is 5.69 Å². The van der Waals surface area contributed by atoms with Gasteiger partial charge in [-0.15, -0.1) is 0 Å². The van der Waals surface area contributed by atoms with Gasteiger partial charge in [0.25, 0.3) is 0 Å². The van der Waals surface area contributed by atoms with Crippen molar-refractivity contribution >= 4 is 33.4 Å². The zero-order chi connectivity index (χ0) is 22.2. The molecule has 0 N–H and O–H groups in total. The van der Waals surface area contributed by atoms with Crippen molar-refractivity contribution in [2.75, 3.05) is 11.9 Å². The predicted molar refractivity (Wildman–Crippen MR) is 130 cm³/mol. The number of hydrogen-bond acceptors (Lipinski definition) is 1. The Hall–Kier alpha value is -3.79. The lowest BCUT2D eigenvalue weighted by Crippen LogP contribution is -2.40. The molecule has 0 aliphatic carbocycles. The fourth-order valence-electron chi connectivity index (χ4n) is 5.82. The summed E-state index contributed by atoms with van der Waals surface area (Å²) in [5, 5.41) is 2.22. The van der Waals surface area contributed by atoms with Gasteiger partial charge in [0, 0.05) is 72.0 Å². The van der Waals surface area contributed by atoms with Crippen molar-refractivity contribution in [3.63, 3.8) is 0 Å². The number of carbonyl (C=O) groups excluding carboxylic acids is 1. The van der Waals surface area contributed by atoms with Gasteiger partial charge >= 0.3 is 0 Å². The third-order valence-corrected chi connectivity index (χ3v) is 7.20. The summed E-state index contributed by atoms with van der Waals surface area (Å²) in [6.07, 6.45) is 4.30. The molecule has 158 valence electrons. The molecule has 0 fully saturated rings. The van der Waals surface area contributed by atoms with Crippen LogP contribution in [0.25, 0.3) is 21.8 Å². The average molecular weight is 420 g/mol. The number of fused-ring (bicyclic) bond motifs is 3. The Morgan fingerprint density at radius 3 is 1.75 bits per heavy atom. The van der Waals surface area contributed by atoms with Crippen LogP contribution in [0, 0.1) is 6.92 Å². The molecule has 0 unspecified atom stereocenters. The molecule has 3 aromatic carbocycles. The smallest absolute Gasteiger partial charge is 0.246 e. The number of rotatable bonds is 2. The van der Waals surface area contributed by atoms with Crippen LogP contribution in [0.1, 0.15) is 22.3 Å². The van der Waals surface area contributed by atoms with Crippen molar-refractivity contribution in [3.05, 3.63) is 101 Å². The minimum Gasteiger partial charge on any atom is -0.350 e. The van der Waals surface area contributed by atoms with E-state index in [0.717, 1.165) is 49.7 Å². The molecule has 1 aliphatic heterocycles. The number of likely N-dealkylation sites (N-methyl/N-ethyl adjacent to an activating group) is 1. The number of anilines is 1. The van der Waals surface area contributed by atoms with Crippen molar-refractivity contribution in [1.29, 1.82) is 0 Å². The third kappa shape index (κ3) is 2.14. The molecule has 3 heterocycles. The Balaban J connectivity index is 1.86. The Morgan fingerprint density at radius 2 is 1.19 bits per heavy atom. The third-order valence-electron chi connectivity index (χ3n) is 7.20. The molecule has 1 amide bonds. The molecule has 4 nitrogen and oxygen atoms in total. The zero-order valence-corrected chi connectivity index (χ0v) is 18.8. The number of amides is 1. The van der Waals surface area contributed by atoms with Crippen molar-refractivity contribution in [3.8, 4) is 0 Å². The highest BCUT2D eigenvalue weighted by Crippen LogP contribution is 2.54. The first-order valence-corrected chi connectivity index (χ1v) is 10.9. The van der Waals surface area contributed by atoms with Crippen molar-refractivity contribution in [1.82, 2.24) is 9.13 Å². The predicted octanol–water partition coefficient (Wildman–Crippen LogP) is 5.29. The second-order valence-corrected chi connectivity index (χ2v) is 8.93. The van der Waals surface area contributed by atoms with E-state index in [0.29, 0.717) is 0 Å². The van der Waals surface area contributed by atoms with Gasteiger partial charge in [-0.1, -0.05) is 54.6 Å². The summed E-state index contributed by atoms with van der Waals surface area (Å²) in [6.45, 7) is 2.09. The summed E-state index contributed by atoms with van der Waals surface area (Å²) >= 11 is 0. The van der Waals surface area contributed by atoms with Crippen LogP contribution in [0.3, 0.4) is 0 Å². The second kappa shape index (κ2) is 6.36. The van der Waals surface area contributed by atoms with Crippen LogP contribution in [0.2, 0.25) is 0 Å². The molecule has 2 aromatic heterocycles. The lowest BCUT2D eigenvalue weighted by atomic mass is 9.70. The summed E-state index contributed by atoms with van der Waals surface area (Å²) < 4.78 is 4.28. The summed E-state index contributed by atoms with van der Waals surface area (Å²) in [5.74, 6) is 0.0921. The number of para-hydroxylation sites is 3. The maximum absolute atomic E-state index is 14.5. The highest BCUT2D eigenvalue weighted by Gasteiger charge is 2.55. The molecule has 0 bridgehead atoms. The lowest BCUT2D eigenvalue weighted by molar-refractivity contribution is -0.120. The van der Waals surface area contributed by atoms with Crippen LogP contribution in [0.5, 0.6) is 0 Å². The maximum Gasteiger partial charge on any atom is 0.246 e. The Morgan fingerprint density at radius 1 is 0.656 bits per heavy atom. The quantitative estimate of drug-likeness (QED) is 0.382. The van der Waals surface area contributed by atoms with E-state index in [4.69, 9.17) is 0 Å². The molecule has 6 rings (SSSR count). The number of aryl methyl sites for hydroxylation is 3. The topological polar surface area (TPSA) is 30.2 Å². The normalized spacial score (nSPS) is 15.1. The zero-order valence-electron chi connectivity index (χ0n) is 18.8. The number of carbonyl (C=O) groups is 1. The first kappa shape index (κ1) is 18.9. The highest BCUT2D eigenvalue weighted by atomic mass is 16.2. The highest BCUT2D eigenvalue weighted by molar-refractivity contribution is 6.17. The van der Waals surface area contributed by atoms with Gasteiger partial charge in [0.2, 0.25) is 5.91 Å². The van der Waals surface area contributed by atoms with Gasteiger partial charge in [-0.25, -0.2) is 0 Å². The molecule has 0 radical (unpaired) electrons. The second-order valence-electron chi connectivity index (χ2n) is 8.93. The minimum absolute atomic E-state index is 0.0921. The molecule has 0 saturated heterocycles. The summed E-state index contributed by atoms with van der Waals surface area (Å²) in [7, 11) is 6.03. The van der Waals surface area contributed by atoms with Crippen LogP contribution in [-0.4, -0.2) is 22.1 Å². The van der Waals surface area contributed by atoms with Gasteiger partial charge < -0.3 is 14.0 Å². The molecule has 4 heteroatoms. The van der Waals surface area contributed by atoms with E-state index >= 15 is 0 Å². The Labute approximate surface area is 187 Å². The summed E-state index contributed by atoms with van der Waals surface area (Å²) in [6, 6.07) is 23.0.